The molecule has 0 fully saturated rings. The Balaban J connectivity index is 2.31. The summed E-state index contributed by atoms with van der Waals surface area (Å²) in [5.41, 5.74) is 7.83. The minimum Gasteiger partial charge on any atom is -0.497 e. The molecule has 106 valence electrons. The molecule has 0 saturated carbocycles. The molecule has 2 aromatic rings. The molecular formula is C17H20FNO. The molecule has 3 heteroatoms. The van der Waals surface area contributed by atoms with E-state index in [9.17, 15) is 4.39 Å². The zero-order chi connectivity index (χ0) is 14.6. The van der Waals surface area contributed by atoms with Crippen LogP contribution in [0.5, 0.6) is 5.75 Å². The molecule has 2 aromatic carbocycles. The second-order valence-corrected chi connectivity index (χ2v) is 5.05. The normalized spacial score (nSPS) is 13.8. The van der Waals surface area contributed by atoms with E-state index in [2.05, 4.69) is 0 Å². The van der Waals surface area contributed by atoms with Crippen molar-refractivity contribution in [3.8, 4) is 5.75 Å². The zero-order valence-corrected chi connectivity index (χ0v) is 11.9. The topological polar surface area (TPSA) is 35.2 Å². The van der Waals surface area contributed by atoms with Gasteiger partial charge in [0.25, 0.3) is 0 Å². The Kier molecular flexibility index (Phi) is 4.40. The van der Waals surface area contributed by atoms with Crippen LogP contribution < -0.4 is 10.5 Å². The molecule has 1 atom stereocenters. The van der Waals surface area contributed by atoms with E-state index in [1.807, 2.05) is 37.3 Å². The van der Waals surface area contributed by atoms with Crippen LogP contribution in [-0.4, -0.2) is 7.11 Å². The second-order valence-electron chi connectivity index (χ2n) is 5.05. The molecule has 20 heavy (non-hydrogen) atoms. The number of ether oxygens (including phenoxy) is 1. The van der Waals surface area contributed by atoms with Gasteiger partial charge in [0.05, 0.1) is 7.11 Å². The monoisotopic (exact) mass is 273 g/mol. The largest absolute Gasteiger partial charge is 0.497 e. The number of benzene rings is 2. The van der Waals surface area contributed by atoms with E-state index in [1.54, 1.807) is 13.2 Å². The SMILES string of the molecule is CCC(N)(Cc1cccc(OC)c1)c1cccc(F)c1. The first-order valence-corrected chi connectivity index (χ1v) is 6.75. The molecule has 0 radical (unpaired) electrons. The summed E-state index contributed by atoms with van der Waals surface area (Å²) in [5, 5.41) is 0. The molecule has 2 N–H and O–H groups in total. The fraction of sp³-hybridized carbons (Fsp3) is 0.294. The molecule has 0 heterocycles. The lowest BCUT2D eigenvalue weighted by Gasteiger charge is -2.29. The molecule has 0 amide bonds. The molecule has 0 aliphatic rings. The third-order valence-corrected chi connectivity index (χ3v) is 3.68. The standard InChI is InChI=1S/C17H20FNO/c1-3-17(19,14-7-5-8-15(18)11-14)12-13-6-4-9-16(10-13)20-2/h4-11H,3,12,19H2,1-2H3. The Labute approximate surface area is 119 Å². The molecule has 2 rings (SSSR count). The number of methoxy groups -OCH3 is 1. The van der Waals surface area contributed by atoms with Crippen LogP contribution in [0, 0.1) is 5.82 Å². The lowest BCUT2D eigenvalue weighted by molar-refractivity contribution is 0.407. The fourth-order valence-electron chi connectivity index (χ4n) is 2.38. The Morgan fingerprint density at radius 3 is 2.55 bits per heavy atom. The van der Waals surface area contributed by atoms with Gasteiger partial charge in [-0.05, 0) is 48.2 Å². The van der Waals surface area contributed by atoms with Gasteiger partial charge in [-0.3, -0.25) is 0 Å². The first kappa shape index (κ1) is 14.5. The number of hydrogen-bond donors (Lipinski definition) is 1. The predicted molar refractivity (Wildman–Crippen MR) is 79.3 cm³/mol. The number of nitrogens with two attached hydrogens (primary N) is 1. The van der Waals surface area contributed by atoms with E-state index in [0.29, 0.717) is 6.42 Å². The first-order chi connectivity index (χ1) is 9.57. The summed E-state index contributed by atoms with van der Waals surface area (Å²) < 4.78 is 18.6. The van der Waals surface area contributed by atoms with Gasteiger partial charge in [-0.15, -0.1) is 0 Å². The van der Waals surface area contributed by atoms with Crippen LogP contribution in [0.25, 0.3) is 0 Å². The van der Waals surface area contributed by atoms with Gasteiger partial charge in [-0.25, -0.2) is 4.39 Å². The lowest BCUT2D eigenvalue weighted by Crippen LogP contribution is -2.38. The summed E-state index contributed by atoms with van der Waals surface area (Å²) in [6, 6.07) is 14.4. The van der Waals surface area contributed by atoms with E-state index in [4.69, 9.17) is 10.5 Å². The molecule has 0 spiro atoms. The van der Waals surface area contributed by atoms with E-state index in [1.165, 1.54) is 12.1 Å². The van der Waals surface area contributed by atoms with Gasteiger partial charge in [0.1, 0.15) is 11.6 Å². The average molecular weight is 273 g/mol. The van der Waals surface area contributed by atoms with Crippen LogP contribution in [0.3, 0.4) is 0 Å². The molecule has 0 saturated heterocycles. The first-order valence-electron chi connectivity index (χ1n) is 6.75. The van der Waals surface area contributed by atoms with E-state index >= 15 is 0 Å². The summed E-state index contributed by atoms with van der Waals surface area (Å²) in [7, 11) is 1.64. The van der Waals surface area contributed by atoms with Gasteiger partial charge >= 0.3 is 0 Å². The molecule has 0 aliphatic heterocycles. The van der Waals surface area contributed by atoms with Crippen molar-refractivity contribution in [3.63, 3.8) is 0 Å². The highest BCUT2D eigenvalue weighted by molar-refractivity contribution is 5.33. The summed E-state index contributed by atoms with van der Waals surface area (Å²) in [6.07, 6.45) is 1.37. The van der Waals surface area contributed by atoms with Crippen LogP contribution in [0.4, 0.5) is 4.39 Å². The van der Waals surface area contributed by atoms with Crippen LogP contribution in [0.1, 0.15) is 24.5 Å². The summed E-state index contributed by atoms with van der Waals surface area (Å²) in [4.78, 5) is 0. The molecular weight excluding hydrogens is 253 g/mol. The minimum absolute atomic E-state index is 0.253. The van der Waals surface area contributed by atoms with E-state index in [-0.39, 0.29) is 5.82 Å². The molecule has 0 aliphatic carbocycles. The van der Waals surface area contributed by atoms with Crippen molar-refractivity contribution in [2.24, 2.45) is 5.73 Å². The Hall–Kier alpha value is -1.87. The minimum atomic E-state index is -0.575. The maximum absolute atomic E-state index is 13.4. The number of hydrogen-bond acceptors (Lipinski definition) is 2. The maximum Gasteiger partial charge on any atom is 0.123 e. The van der Waals surface area contributed by atoms with E-state index in [0.717, 1.165) is 23.3 Å². The lowest BCUT2D eigenvalue weighted by atomic mass is 9.82. The van der Waals surface area contributed by atoms with Crippen molar-refractivity contribution < 1.29 is 9.13 Å². The zero-order valence-electron chi connectivity index (χ0n) is 11.9. The molecule has 0 aromatic heterocycles. The van der Waals surface area contributed by atoms with Crippen molar-refractivity contribution >= 4 is 0 Å². The highest BCUT2D eigenvalue weighted by Crippen LogP contribution is 2.28. The van der Waals surface area contributed by atoms with Gasteiger partial charge in [0.15, 0.2) is 0 Å². The van der Waals surface area contributed by atoms with Crippen molar-refractivity contribution in [3.05, 3.63) is 65.5 Å². The highest BCUT2D eigenvalue weighted by atomic mass is 19.1. The second kappa shape index (κ2) is 6.06. The van der Waals surface area contributed by atoms with Gasteiger partial charge in [0.2, 0.25) is 0 Å². The summed E-state index contributed by atoms with van der Waals surface area (Å²) >= 11 is 0. The van der Waals surface area contributed by atoms with Gasteiger partial charge in [0, 0.05) is 5.54 Å². The highest BCUT2D eigenvalue weighted by Gasteiger charge is 2.26. The van der Waals surface area contributed by atoms with Crippen LogP contribution >= 0.6 is 0 Å². The smallest absolute Gasteiger partial charge is 0.123 e. The summed E-state index contributed by atoms with van der Waals surface area (Å²) in [5.74, 6) is 0.552. The molecule has 2 nitrogen and oxygen atoms in total. The van der Waals surface area contributed by atoms with Crippen LogP contribution in [0.2, 0.25) is 0 Å². The number of halogens is 1. The number of rotatable bonds is 5. The average Bonchev–Trinajstić information content (AvgIpc) is 2.47. The summed E-state index contributed by atoms with van der Waals surface area (Å²) in [6.45, 7) is 2.02. The van der Waals surface area contributed by atoms with Crippen molar-refractivity contribution in [1.29, 1.82) is 0 Å². The molecule has 0 bridgehead atoms. The van der Waals surface area contributed by atoms with Gasteiger partial charge in [-0.1, -0.05) is 31.2 Å². The van der Waals surface area contributed by atoms with Gasteiger partial charge < -0.3 is 10.5 Å². The quantitative estimate of drug-likeness (QED) is 0.902. The van der Waals surface area contributed by atoms with Crippen molar-refractivity contribution in [2.45, 2.75) is 25.3 Å². The molecule has 1 unspecified atom stereocenters. The third kappa shape index (κ3) is 3.17. The Morgan fingerprint density at radius 2 is 1.90 bits per heavy atom. The predicted octanol–water partition coefficient (Wildman–Crippen LogP) is 3.64. The fourth-order valence-corrected chi connectivity index (χ4v) is 2.38. The van der Waals surface area contributed by atoms with Crippen LogP contribution in [-0.2, 0) is 12.0 Å². The van der Waals surface area contributed by atoms with Crippen molar-refractivity contribution in [2.75, 3.05) is 7.11 Å². The maximum atomic E-state index is 13.4. The van der Waals surface area contributed by atoms with Gasteiger partial charge in [-0.2, -0.15) is 0 Å². The van der Waals surface area contributed by atoms with Crippen LogP contribution in [0.15, 0.2) is 48.5 Å². The van der Waals surface area contributed by atoms with E-state index < -0.39 is 5.54 Å². The Bertz CT molecular complexity index is 585. The van der Waals surface area contributed by atoms with Crippen molar-refractivity contribution in [1.82, 2.24) is 0 Å². The third-order valence-electron chi connectivity index (χ3n) is 3.68. The Morgan fingerprint density at radius 1 is 1.15 bits per heavy atom.